The van der Waals surface area contributed by atoms with Gasteiger partial charge in [-0.2, -0.15) is 198 Å². The minimum Gasteiger partial charge on any atom is -0.304 e. The summed E-state index contributed by atoms with van der Waals surface area (Å²) in [5.41, 5.74) is -6.86. The smallest absolute Gasteiger partial charge is 0.304 e. The molecule has 0 saturated heterocycles. The van der Waals surface area contributed by atoms with E-state index in [1.807, 2.05) is 0 Å². The molecule has 0 heterocycles. The predicted molar refractivity (Wildman–Crippen MR) is 162 cm³/mol. The topological polar surface area (TPSA) is 70.8 Å². The lowest BCUT2D eigenvalue weighted by Gasteiger charge is -2.47. The Bertz CT molecular complexity index is 1990. The van der Waals surface area contributed by atoms with Crippen molar-refractivity contribution in [2.75, 3.05) is 0 Å². The maximum atomic E-state index is 15.3. The molecular weight excluding hydrogens is 1320 g/mol. The first-order chi connectivity index (χ1) is 34.9. The zero-order valence-corrected chi connectivity index (χ0v) is 37.4. The third-order valence-corrected chi connectivity index (χ3v) is 10.7. The summed E-state index contributed by atoms with van der Waals surface area (Å²) in [6.45, 7) is -2.30. The fourth-order valence-corrected chi connectivity index (χ4v) is 6.10. The van der Waals surface area contributed by atoms with Gasteiger partial charge in [0, 0.05) is 4.92 Å². The van der Waals surface area contributed by atoms with E-state index in [4.69, 9.17) is 0 Å². The van der Waals surface area contributed by atoms with E-state index in [1.54, 1.807) is 0 Å². The molecule has 82 heavy (non-hydrogen) atoms. The summed E-state index contributed by atoms with van der Waals surface area (Å²) in [6.07, 6.45) is -79.2. The molecule has 0 aromatic heterocycles. The van der Waals surface area contributed by atoms with Crippen molar-refractivity contribution in [2.24, 2.45) is 0 Å². The zero-order chi connectivity index (χ0) is 67.6. The van der Waals surface area contributed by atoms with Gasteiger partial charge in [-0.25, -0.2) is 0 Å². The van der Waals surface area contributed by atoms with E-state index in [9.17, 15) is 181 Å². The van der Waals surface area contributed by atoms with Gasteiger partial charge in [0.15, 0.2) is 0 Å². The van der Waals surface area contributed by atoms with Crippen molar-refractivity contribution < 1.29 is 217 Å². The zero-order valence-electron chi connectivity index (χ0n) is 37.4. The molecule has 0 aliphatic heterocycles. The number of hydrogen-bond donors (Lipinski definition) is 0. The van der Waals surface area contributed by atoms with E-state index in [0.29, 0.717) is 0 Å². The van der Waals surface area contributed by atoms with Crippen molar-refractivity contribution >= 4 is 0 Å². The lowest BCUT2D eigenvalue weighted by Crippen LogP contribution is -2.76. The second-order valence-electron chi connectivity index (χ2n) is 15.8. The molecule has 0 aliphatic rings. The van der Waals surface area contributed by atoms with Crippen LogP contribution in [0.4, 0.5) is 198 Å². The summed E-state index contributed by atoms with van der Waals surface area (Å²) in [5.74, 6) is -141. The van der Waals surface area contributed by atoms with E-state index in [2.05, 4.69) is 14.2 Å². The van der Waals surface area contributed by atoms with Crippen LogP contribution >= 0.6 is 0 Å². The van der Waals surface area contributed by atoms with Gasteiger partial charge >= 0.3 is 126 Å². The van der Waals surface area contributed by atoms with Gasteiger partial charge in [-0.3, -0.25) is 10.1 Å². The van der Waals surface area contributed by atoms with E-state index >= 15 is 26.3 Å². The molecule has 3 atom stereocenters. The van der Waals surface area contributed by atoms with Gasteiger partial charge in [0.2, 0.25) is 0 Å². The Balaban J connectivity index is 9.35. The lowest BCUT2D eigenvalue weighted by atomic mass is 9.77. The van der Waals surface area contributed by atoms with E-state index in [1.165, 1.54) is 0 Å². The van der Waals surface area contributed by atoms with Gasteiger partial charge in [-0.1, -0.05) is 20.8 Å². The first kappa shape index (κ1) is 78.1. The quantitative estimate of drug-likeness (QED) is 0.0443. The molecule has 3 unspecified atom stereocenters. The minimum absolute atomic E-state index is 0.768. The van der Waals surface area contributed by atoms with Crippen LogP contribution in [0, 0.1) is 10.1 Å². The Morgan fingerprint density at radius 2 is 0.378 bits per heavy atom. The summed E-state index contributed by atoms with van der Waals surface area (Å²) in [6, 6.07) is 0. The van der Waals surface area contributed by atoms with Gasteiger partial charge < -0.3 is 14.2 Å². The van der Waals surface area contributed by atoms with Crippen LogP contribution in [0.25, 0.3) is 0 Å². The monoisotopic (exact) mass is 1340 g/mol. The van der Waals surface area contributed by atoms with Gasteiger partial charge in [0.1, 0.15) is 18.3 Å². The van der Waals surface area contributed by atoms with E-state index < -0.39 is 195 Å². The normalized spacial score (nSPS) is 18.3. The maximum Gasteiger partial charge on any atom is 0.460 e. The molecule has 0 aliphatic carbocycles. The number of alkyl halides is 45. The maximum absolute atomic E-state index is 15.3. The fraction of sp³-hybridized carbons (Fsp3) is 1.00. The standard InChI is InChI=1S/C31H18F45NO5/c1-4-7(80-29(71,72)23(56,57)17(44,45)11(32,33)14(38,39)20(50,51)26(62,63)64)10(77(78)79,8(5-2)81-30(73,74)24(58,59)18(46,47)12(34,35)15(40,41)21(52,53)27(65,66)67)9(6-3)82-31(75,76)25(60,61)19(48,49)13(36,37)16(42,43)22(54,55)28(68,69)70/h7-9H,4-6H2,1-3H3. The van der Waals surface area contributed by atoms with Crippen LogP contribution in [0.1, 0.15) is 40.0 Å². The number of rotatable bonds is 28. The SMILES string of the molecule is CCC(OC(F)(F)C(F)(F)C(F)(F)C(F)(F)C(F)(F)C(F)(F)C(F)(F)F)C(C(CC)OC(F)(F)C(F)(F)C(F)(F)C(F)(F)C(F)(F)C(F)(F)C(F)(F)F)(C(CC)OC(F)(F)C(F)(F)C(F)(F)C(F)(F)C(F)(F)C(F)(F)C(F)(F)F)[N+](=O)[O-]. The highest BCUT2D eigenvalue weighted by atomic mass is 19.5. The molecule has 492 valence electrons. The third kappa shape index (κ3) is 10.4. The lowest BCUT2D eigenvalue weighted by molar-refractivity contribution is -0.632. The summed E-state index contributed by atoms with van der Waals surface area (Å²) in [5, 5.41) is 12.7. The second kappa shape index (κ2) is 20.9. The number of nitro groups is 1. The Morgan fingerprint density at radius 1 is 0.256 bits per heavy atom. The Labute approximate surface area is 417 Å². The van der Waals surface area contributed by atoms with Gasteiger partial charge in [0.05, 0.1) is 0 Å². The van der Waals surface area contributed by atoms with Crippen LogP contribution in [0.15, 0.2) is 0 Å². The van der Waals surface area contributed by atoms with Crippen LogP contribution in [0.5, 0.6) is 0 Å². The van der Waals surface area contributed by atoms with Crippen molar-refractivity contribution in [3.8, 4) is 0 Å². The Morgan fingerprint density at radius 3 is 0.488 bits per heavy atom. The molecule has 51 heteroatoms. The number of nitrogens with zero attached hydrogens (tertiary/aromatic N) is 1. The van der Waals surface area contributed by atoms with Gasteiger partial charge in [-0.15, -0.1) is 0 Å². The summed E-state index contributed by atoms with van der Waals surface area (Å²) in [4.78, 5) is 8.95. The largest absolute Gasteiger partial charge is 0.460 e. The molecule has 0 aromatic rings. The van der Waals surface area contributed by atoms with Gasteiger partial charge in [-0.05, 0) is 19.3 Å². The van der Waals surface area contributed by atoms with E-state index in [-0.39, 0.29) is 0 Å². The highest BCUT2D eigenvalue weighted by Crippen LogP contribution is 2.67. The van der Waals surface area contributed by atoms with Crippen molar-refractivity contribution in [3.05, 3.63) is 10.1 Å². The second-order valence-corrected chi connectivity index (χ2v) is 15.8. The molecule has 0 radical (unpaired) electrons. The third-order valence-electron chi connectivity index (χ3n) is 10.7. The average molecular weight is 1340 g/mol. The highest BCUT2D eigenvalue weighted by molar-refractivity contribution is 5.16. The molecule has 6 nitrogen and oxygen atoms in total. The molecule has 0 aromatic carbocycles. The van der Waals surface area contributed by atoms with Crippen LogP contribution in [-0.2, 0) is 14.2 Å². The van der Waals surface area contributed by atoms with Crippen LogP contribution in [-0.4, -0.2) is 154 Å². The molecule has 0 spiro atoms. The summed E-state index contributed by atoms with van der Waals surface area (Å²) in [7, 11) is 0. The molecule has 0 saturated carbocycles. The van der Waals surface area contributed by atoms with Crippen molar-refractivity contribution in [2.45, 2.75) is 190 Å². The van der Waals surface area contributed by atoms with Crippen LogP contribution in [0.3, 0.4) is 0 Å². The van der Waals surface area contributed by atoms with Crippen molar-refractivity contribution in [1.29, 1.82) is 0 Å². The Kier molecular flexibility index (Phi) is 19.9. The first-order valence-corrected chi connectivity index (χ1v) is 19.1. The average Bonchev–Trinajstić information content (AvgIpc) is 3.25. The minimum atomic E-state index is -9.63. The molecule has 0 rings (SSSR count). The first-order valence-electron chi connectivity index (χ1n) is 19.1. The highest BCUT2D eigenvalue weighted by Gasteiger charge is 2.98. The molecule has 0 N–H and O–H groups in total. The summed E-state index contributed by atoms with van der Waals surface area (Å²) >= 11 is 0. The Hall–Kier alpha value is -3.87. The summed E-state index contributed by atoms with van der Waals surface area (Å²) < 4.78 is 636. The van der Waals surface area contributed by atoms with E-state index in [0.717, 1.165) is 0 Å². The van der Waals surface area contributed by atoms with Crippen LogP contribution < -0.4 is 0 Å². The fourth-order valence-electron chi connectivity index (χ4n) is 6.10. The molecule has 0 bridgehead atoms. The molecule has 0 fully saturated rings. The van der Waals surface area contributed by atoms with Gasteiger partial charge in [0.25, 0.3) is 5.54 Å². The van der Waals surface area contributed by atoms with Crippen LogP contribution in [0.2, 0.25) is 0 Å². The van der Waals surface area contributed by atoms with Crippen molar-refractivity contribution in [3.63, 3.8) is 0 Å². The number of ether oxygens (including phenoxy) is 3. The van der Waals surface area contributed by atoms with Crippen molar-refractivity contribution in [1.82, 2.24) is 0 Å². The molecular formula is C31H18F45NO5. The predicted octanol–water partition coefficient (Wildman–Crippen LogP) is 16.4. The number of hydrogen-bond acceptors (Lipinski definition) is 5. The number of halogens is 45. The molecule has 0 amide bonds.